The van der Waals surface area contributed by atoms with Gasteiger partial charge in [-0.25, -0.2) is 18.4 Å². The Balaban J connectivity index is 2.44. The first-order chi connectivity index (χ1) is 11.8. The lowest BCUT2D eigenvalue weighted by molar-refractivity contribution is 0.602. The van der Waals surface area contributed by atoms with Gasteiger partial charge in [-0.05, 0) is 25.1 Å². The minimum absolute atomic E-state index is 0.153. The van der Waals surface area contributed by atoms with E-state index in [9.17, 15) is 13.7 Å². The standard InChI is InChI=1S/C18H16N4O2S/c1-11(20)16-18(13-7-3-4-9-15(13)25(2,23)24)22-17-12(10-19)6-5-8-14(17)21-16/h3-9,11H,20H2,1-2H3. The summed E-state index contributed by atoms with van der Waals surface area (Å²) in [6, 6.07) is 13.3. The maximum absolute atomic E-state index is 12.2. The summed E-state index contributed by atoms with van der Waals surface area (Å²) in [6.07, 6.45) is 1.15. The van der Waals surface area contributed by atoms with E-state index in [0.29, 0.717) is 33.5 Å². The summed E-state index contributed by atoms with van der Waals surface area (Å²) in [7, 11) is -3.47. The Labute approximate surface area is 145 Å². The van der Waals surface area contributed by atoms with Crippen LogP contribution >= 0.6 is 0 Å². The maximum atomic E-state index is 12.2. The van der Waals surface area contributed by atoms with Gasteiger partial charge < -0.3 is 5.73 Å². The van der Waals surface area contributed by atoms with E-state index >= 15 is 0 Å². The van der Waals surface area contributed by atoms with Crippen LogP contribution in [0.15, 0.2) is 47.4 Å². The molecule has 0 aliphatic heterocycles. The normalized spacial score (nSPS) is 12.7. The second-order valence-electron chi connectivity index (χ2n) is 5.80. The van der Waals surface area contributed by atoms with Crippen LogP contribution in [0.2, 0.25) is 0 Å². The molecular weight excluding hydrogens is 336 g/mol. The van der Waals surface area contributed by atoms with E-state index in [1.165, 1.54) is 6.07 Å². The van der Waals surface area contributed by atoms with Gasteiger partial charge in [0.2, 0.25) is 0 Å². The highest BCUT2D eigenvalue weighted by Crippen LogP contribution is 2.32. The van der Waals surface area contributed by atoms with Crippen molar-refractivity contribution in [3.05, 3.63) is 53.7 Å². The predicted octanol–water partition coefficient (Wildman–Crippen LogP) is 2.59. The van der Waals surface area contributed by atoms with E-state index in [1.54, 1.807) is 43.3 Å². The SMILES string of the molecule is CC(N)c1nc2cccc(C#N)c2nc1-c1ccccc1S(C)(=O)=O. The number of aromatic nitrogens is 2. The van der Waals surface area contributed by atoms with Gasteiger partial charge in [-0.15, -0.1) is 0 Å². The van der Waals surface area contributed by atoms with Crippen molar-refractivity contribution in [1.82, 2.24) is 9.97 Å². The number of nitrogens with zero attached hydrogens (tertiary/aromatic N) is 3. The van der Waals surface area contributed by atoms with Crippen LogP contribution in [-0.4, -0.2) is 24.6 Å². The smallest absolute Gasteiger partial charge is 0.176 e. The van der Waals surface area contributed by atoms with Gasteiger partial charge in [0, 0.05) is 17.9 Å². The lowest BCUT2D eigenvalue weighted by Crippen LogP contribution is -2.12. The molecule has 2 aromatic carbocycles. The molecule has 1 unspecified atom stereocenters. The topological polar surface area (TPSA) is 110 Å². The van der Waals surface area contributed by atoms with Crippen molar-refractivity contribution in [3.8, 4) is 17.3 Å². The number of fused-ring (bicyclic) bond motifs is 1. The van der Waals surface area contributed by atoms with Crippen LogP contribution in [0, 0.1) is 11.3 Å². The van der Waals surface area contributed by atoms with Gasteiger partial charge in [0.25, 0.3) is 0 Å². The lowest BCUT2D eigenvalue weighted by Gasteiger charge is -2.15. The summed E-state index contributed by atoms with van der Waals surface area (Å²) in [5, 5.41) is 9.32. The quantitative estimate of drug-likeness (QED) is 0.776. The van der Waals surface area contributed by atoms with Crippen LogP contribution in [-0.2, 0) is 9.84 Å². The van der Waals surface area contributed by atoms with Gasteiger partial charge in [0.1, 0.15) is 11.6 Å². The van der Waals surface area contributed by atoms with E-state index in [2.05, 4.69) is 16.0 Å². The molecular formula is C18H16N4O2S. The van der Waals surface area contributed by atoms with Crippen LogP contribution in [0.1, 0.15) is 24.2 Å². The monoisotopic (exact) mass is 352 g/mol. The van der Waals surface area contributed by atoms with Crippen molar-refractivity contribution >= 4 is 20.9 Å². The van der Waals surface area contributed by atoms with Crippen LogP contribution in [0.3, 0.4) is 0 Å². The number of benzene rings is 2. The molecule has 0 aliphatic rings. The van der Waals surface area contributed by atoms with E-state index in [4.69, 9.17) is 5.73 Å². The van der Waals surface area contributed by atoms with Crippen molar-refractivity contribution in [2.24, 2.45) is 5.73 Å². The Kier molecular flexibility index (Phi) is 4.25. The van der Waals surface area contributed by atoms with Gasteiger partial charge in [-0.1, -0.05) is 24.3 Å². The molecule has 0 bridgehead atoms. The van der Waals surface area contributed by atoms with E-state index in [-0.39, 0.29) is 4.90 Å². The number of hydrogen-bond donors (Lipinski definition) is 1. The number of sulfone groups is 1. The Morgan fingerprint density at radius 3 is 2.48 bits per heavy atom. The number of nitrogens with two attached hydrogens (primary N) is 1. The van der Waals surface area contributed by atoms with Crippen molar-refractivity contribution in [3.63, 3.8) is 0 Å². The van der Waals surface area contributed by atoms with Crippen LogP contribution < -0.4 is 5.73 Å². The molecule has 0 aliphatic carbocycles. The van der Waals surface area contributed by atoms with Crippen LogP contribution in [0.4, 0.5) is 0 Å². The molecule has 2 N–H and O–H groups in total. The summed E-state index contributed by atoms with van der Waals surface area (Å²) in [6.45, 7) is 1.76. The predicted molar refractivity (Wildman–Crippen MR) is 95.4 cm³/mol. The molecule has 6 nitrogen and oxygen atoms in total. The van der Waals surface area contributed by atoms with Crippen LogP contribution in [0.5, 0.6) is 0 Å². The molecule has 0 saturated heterocycles. The molecule has 0 spiro atoms. The molecule has 0 radical (unpaired) electrons. The Morgan fingerprint density at radius 1 is 1.12 bits per heavy atom. The van der Waals surface area contributed by atoms with Crippen LogP contribution in [0.25, 0.3) is 22.3 Å². The Hall–Kier alpha value is -2.82. The fourth-order valence-electron chi connectivity index (χ4n) is 2.68. The van der Waals surface area contributed by atoms with Gasteiger partial charge in [0.15, 0.2) is 9.84 Å². The van der Waals surface area contributed by atoms with E-state index < -0.39 is 15.9 Å². The zero-order valence-electron chi connectivity index (χ0n) is 13.8. The summed E-state index contributed by atoms with van der Waals surface area (Å²) < 4.78 is 24.3. The molecule has 25 heavy (non-hydrogen) atoms. The second kappa shape index (κ2) is 6.24. The third kappa shape index (κ3) is 3.09. The van der Waals surface area contributed by atoms with Crippen molar-refractivity contribution in [1.29, 1.82) is 5.26 Å². The van der Waals surface area contributed by atoms with E-state index in [1.807, 2.05) is 0 Å². The number of hydrogen-bond acceptors (Lipinski definition) is 6. The Morgan fingerprint density at radius 2 is 1.84 bits per heavy atom. The zero-order chi connectivity index (χ0) is 18.2. The number of rotatable bonds is 3. The molecule has 1 aromatic heterocycles. The van der Waals surface area contributed by atoms with Gasteiger partial charge in [0.05, 0.1) is 27.4 Å². The van der Waals surface area contributed by atoms with Gasteiger partial charge in [-0.2, -0.15) is 5.26 Å². The summed E-state index contributed by atoms with van der Waals surface area (Å²) >= 11 is 0. The third-order valence-electron chi connectivity index (χ3n) is 3.82. The number of nitriles is 1. The maximum Gasteiger partial charge on any atom is 0.176 e. The molecule has 126 valence electrons. The highest BCUT2D eigenvalue weighted by atomic mass is 32.2. The lowest BCUT2D eigenvalue weighted by atomic mass is 10.0. The van der Waals surface area contributed by atoms with Crippen molar-refractivity contribution in [2.75, 3.05) is 6.26 Å². The number of para-hydroxylation sites is 1. The molecule has 1 atom stereocenters. The molecule has 0 amide bonds. The summed E-state index contributed by atoms with van der Waals surface area (Å²) in [5.74, 6) is 0. The second-order valence-corrected chi connectivity index (χ2v) is 7.78. The van der Waals surface area contributed by atoms with Crippen molar-refractivity contribution < 1.29 is 8.42 Å². The minimum Gasteiger partial charge on any atom is -0.323 e. The Bertz CT molecular complexity index is 1120. The average molecular weight is 352 g/mol. The fraction of sp³-hybridized carbons (Fsp3) is 0.167. The summed E-state index contributed by atoms with van der Waals surface area (Å²) in [5.41, 5.74) is 8.70. The van der Waals surface area contributed by atoms with Gasteiger partial charge in [-0.3, -0.25) is 0 Å². The first-order valence-electron chi connectivity index (χ1n) is 7.58. The van der Waals surface area contributed by atoms with E-state index in [0.717, 1.165) is 6.26 Å². The highest BCUT2D eigenvalue weighted by molar-refractivity contribution is 7.90. The minimum atomic E-state index is -3.47. The molecule has 3 rings (SSSR count). The first kappa shape index (κ1) is 17.0. The third-order valence-corrected chi connectivity index (χ3v) is 4.97. The van der Waals surface area contributed by atoms with Crippen molar-refractivity contribution in [2.45, 2.75) is 17.9 Å². The summed E-state index contributed by atoms with van der Waals surface area (Å²) in [4.78, 5) is 9.28. The molecule has 0 saturated carbocycles. The molecule has 7 heteroatoms. The zero-order valence-corrected chi connectivity index (χ0v) is 14.6. The molecule has 3 aromatic rings. The highest BCUT2D eigenvalue weighted by Gasteiger charge is 2.21. The average Bonchev–Trinajstić information content (AvgIpc) is 2.59. The largest absolute Gasteiger partial charge is 0.323 e. The molecule has 0 fully saturated rings. The first-order valence-corrected chi connectivity index (χ1v) is 9.48. The molecule has 1 heterocycles. The van der Waals surface area contributed by atoms with Gasteiger partial charge >= 0.3 is 0 Å². The fourth-order valence-corrected chi connectivity index (χ4v) is 3.57.